The van der Waals surface area contributed by atoms with Gasteiger partial charge in [0.1, 0.15) is 0 Å². The summed E-state index contributed by atoms with van der Waals surface area (Å²) in [6.45, 7) is 4.86. The number of benzene rings is 1. The highest BCUT2D eigenvalue weighted by molar-refractivity contribution is 8.00. The van der Waals surface area contributed by atoms with Crippen molar-refractivity contribution in [3.63, 3.8) is 0 Å². The van der Waals surface area contributed by atoms with Gasteiger partial charge in [0.2, 0.25) is 0 Å². The molecule has 0 saturated carbocycles. The van der Waals surface area contributed by atoms with Crippen LogP contribution in [0.25, 0.3) is 0 Å². The third kappa shape index (κ3) is 4.77. The number of ether oxygens (including phenoxy) is 2. The predicted octanol–water partition coefficient (Wildman–Crippen LogP) is 2.69. The normalized spacial score (nSPS) is 17.6. The zero-order chi connectivity index (χ0) is 14.2. The first-order valence-electron chi connectivity index (χ1n) is 7.28. The van der Waals surface area contributed by atoms with Gasteiger partial charge in [-0.3, -0.25) is 4.90 Å². The van der Waals surface area contributed by atoms with E-state index in [2.05, 4.69) is 29.2 Å². The second-order valence-corrected chi connectivity index (χ2v) is 6.53. The number of thioether (sulfide) groups is 1. The molecule has 0 bridgehead atoms. The highest BCUT2D eigenvalue weighted by Crippen LogP contribution is 2.36. The number of fused-ring (bicyclic) bond motifs is 1. The Morgan fingerprint density at radius 2 is 1.95 bits per heavy atom. The topological polar surface area (TPSA) is 21.7 Å². The lowest BCUT2D eigenvalue weighted by atomic mass is 10.1. The average Bonchev–Trinajstić information content (AvgIpc) is 2.87. The molecule has 0 saturated heterocycles. The Hall–Kier alpha value is -0.550. The Balaban J connectivity index is 1.82. The van der Waals surface area contributed by atoms with Crippen LogP contribution >= 0.6 is 11.8 Å². The van der Waals surface area contributed by atoms with E-state index in [1.54, 1.807) is 14.2 Å². The monoisotopic (exact) mass is 295 g/mol. The first-order chi connectivity index (χ1) is 9.83. The minimum atomic E-state index is 0.673. The molecular formula is C16H25NO2S. The molecule has 0 N–H and O–H groups in total. The molecule has 20 heavy (non-hydrogen) atoms. The molecule has 4 heteroatoms. The van der Waals surface area contributed by atoms with Crippen LogP contribution in [0.2, 0.25) is 0 Å². The first-order valence-corrected chi connectivity index (χ1v) is 8.16. The van der Waals surface area contributed by atoms with Gasteiger partial charge in [0.15, 0.2) is 0 Å². The summed E-state index contributed by atoms with van der Waals surface area (Å²) in [5, 5.41) is 0.673. The summed E-state index contributed by atoms with van der Waals surface area (Å²) in [5.41, 5.74) is 1.51. The van der Waals surface area contributed by atoms with Gasteiger partial charge in [-0.1, -0.05) is 18.2 Å². The van der Waals surface area contributed by atoms with Gasteiger partial charge >= 0.3 is 0 Å². The molecule has 2 rings (SSSR count). The fraction of sp³-hybridized carbons (Fsp3) is 0.625. The van der Waals surface area contributed by atoms with E-state index < -0.39 is 0 Å². The number of hydrogen-bond donors (Lipinski definition) is 0. The minimum Gasteiger partial charge on any atom is -0.385 e. The van der Waals surface area contributed by atoms with Crippen molar-refractivity contribution < 1.29 is 9.47 Å². The first kappa shape index (κ1) is 15.8. The molecule has 112 valence electrons. The Morgan fingerprint density at radius 3 is 2.70 bits per heavy atom. The summed E-state index contributed by atoms with van der Waals surface area (Å²) in [5.74, 6) is 0. The minimum absolute atomic E-state index is 0.673. The zero-order valence-corrected chi connectivity index (χ0v) is 13.3. The van der Waals surface area contributed by atoms with Gasteiger partial charge in [-0.2, -0.15) is 0 Å². The number of rotatable bonds is 9. The van der Waals surface area contributed by atoms with Gasteiger partial charge in [-0.25, -0.2) is 0 Å². The van der Waals surface area contributed by atoms with E-state index in [1.165, 1.54) is 16.9 Å². The van der Waals surface area contributed by atoms with E-state index in [4.69, 9.17) is 9.47 Å². The van der Waals surface area contributed by atoms with Crippen LogP contribution in [-0.4, -0.2) is 57.2 Å². The lowest BCUT2D eigenvalue weighted by Gasteiger charge is -2.24. The fourth-order valence-corrected chi connectivity index (χ4v) is 3.96. The number of nitrogens with zero attached hydrogens (tertiary/aromatic N) is 1. The Bertz CT molecular complexity index is 375. The largest absolute Gasteiger partial charge is 0.385 e. The molecule has 3 nitrogen and oxygen atoms in total. The van der Waals surface area contributed by atoms with Crippen LogP contribution in [0.15, 0.2) is 29.2 Å². The predicted molar refractivity (Wildman–Crippen MR) is 84.6 cm³/mol. The van der Waals surface area contributed by atoms with E-state index in [9.17, 15) is 0 Å². The molecule has 1 heterocycles. The third-order valence-electron chi connectivity index (χ3n) is 3.61. The van der Waals surface area contributed by atoms with Crippen molar-refractivity contribution in [2.45, 2.75) is 23.0 Å². The third-order valence-corrected chi connectivity index (χ3v) is 4.91. The van der Waals surface area contributed by atoms with Crippen molar-refractivity contribution >= 4 is 11.8 Å². The van der Waals surface area contributed by atoms with Crippen LogP contribution in [0.4, 0.5) is 0 Å². The van der Waals surface area contributed by atoms with E-state index in [0.29, 0.717) is 5.25 Å². The smallest absolute Gasteiger partial charge is 0.0589 e. The van der Waals surface area contributed by atoms with Crippen molar-refractivity contribution in [1.29, 1.82) is 0 Å². The van der Waals surface area contributed by atoms with Gasteiger partial charge in [-0.15, -0.1) is 11.8 Å². The molecule has 0 spiro atoms. The second kappa shape index (κ2) is 8.67. The molecule has 0 radical (unpaired) electrons. The van der Waals surface area contributed by atoms with Crippen LogP contribution in [-0.2, 0) is 15.9 Å². The number of methoxy groups -OCH3 is 2. The van der Waals surface area contributed by atoms with E-state index in [1.807, 2.05) is 11.8 Å². The van der Waals surface area contributed by atoms with Gasteiger partial charge in [0, 0.05) is 50.6 Å². The summed E-state index contributed by atoms with van der Waals surface area (Å²) in [4.78, 5) is 3.97. The highest BCUT2D eigenvalue weighted by atomic mass is 32.2. The maximum Gasteiger partial charge on any atom is 0.0589 e. The molecule has 0 aromatic heterocycles. The summed E-state index contributed by atoms with van der Waals surface area (Å²) in [6, 6.07) is 8.77. The fourth-order valence-electron chi connectivity index (χ4n) is 2.59. The van der Waals surface area contributed by atoms with E-state index >= 15 is 0 Å². The van der Waals surface area contributed by atoms with Gasteiger partial charge < -0.3 is 9.47 Å². The molecule has 0 amide bonds. The Kier molecular flexibility index (Phi) is 6.87. The lowest BCUT2D eigenvalue weighted by Crippen LogP contribution is -2.35. The standard InChI is InChI=1S/C16H25NO2S/c1-18-10-5-8-17(9-11-19-2)13-15-12-14-6-3-4-7-16(14)20-15/h3-4,6-7,15H,5,8-13H2,1-2H3. The molecule has 0 fully saturated rings. The molecule has 1 aliphatic rings. The molecule has 1 aromatic carbocycles. The molecular weight excluding hydrogens is 270 g/mol. The van der Waals surface area contributed by atoms with E-state index in [-0.39, 0.29) is 0 Å². The summed E-state index contributed by atoms with van der Waals surface area (Å²) in [6.07, 6.45) is 2.28. The Morgan fingerprint density at radius 1 is 1.15 bits per heavy atom. The molecule has 1 atom stereocenters. The van der Waals surface area contributed by atoms with Gasteiger partial charge in [0.05, 0.1) is 6.61 Å². The van der Waals surface area contributed by atoms with Crippen LogP contribution in [0.3, 0.4) is 0 Å². The van der Waals surface area contributed by atoms with Crippen LogP contribution in [0.5, 0.6) is 0 Å². The summed E-state index contributed by atoms with van der Waals surface area (Å²) in [7, 11) is 3.54. The van der Waals surface area contributed by atoms with Gasteiger partial charge in [-0.05, 0) is 24.5 Å². The van der Waals surface area contributed by atoms with Crippen molar-refractivity contribution in [2.75, 3.05) is 47.1 Å². The molecule has 0 aliphatic carbocycles. The second-order valence-electron chi connectivity index (χ2n) is 5.19. The summed E-state index contributed by atoms with van der Waals surface area (Å²) >= 11 is 2.02. The van der Waals surface area contributed by atoms with E-state index in [0.717, 1.165) is 39.3 Å². The summed E-state index contributed by atoms with van der Waals surface area (Å²) < 4.78 is 10.4. The quantitative estimate of drug-likeness (QED) is 0.653. The van der Waals surface area contributed by atoms with Crippen molar-refractivity contribution in [3.8, 4) is 0 Å². The molecule has 1 unspecified atom stereocenters. The highest BCUT2D eigenvalue weighted by Gasteiger charge is 2.23. The van der Waals surface area contributed by atoms with Crippen LogP contribution in [0, 0.1) is 0 Å². The van der Waals surface area contributed by atoms with Crippen molar-refractivity contribution in [1.82, 2.24) is 4.90 Å². The molecule has 1 aliphatic heterocycles. The van der Waals surface area contributed by atoms with Crippen molar-refractivity contribution in [3.05, 3.63) is 29.8 Å². The van der Waals surface area contributed by atoms with Crippen LogP contribution < -0.4 is 0 Å². The SMILES string of the molecule is COCCCN(CCOC)CC1Cc2ccccc2S1. The lowest BCUT2D eigenvalue weighted by molar-refractivity contribution is 0.133. The molecule has 1 aromatic rings. The van der Waals surface area contributed by atoms with Gasteiger partial charge in [0.25, 0.3) is 0 Å². The maximum absolute atomic E-state index is 5.23. The average molecular weight is 295 g/mol. The van der Waals surface area contributed by atoms with Crippen LogP contribution in [0.1, 0.15) is 12.0 Å². The maximum atomic E-state index is 5.23. The number of hydrogen-bond acceptors (Lipinski definition) is 4. The van der Waals surface area contributed by atoms with Crippen molar-refractivity contribution in [2.24, 2.45) is 0 Å². The Labute approximate surface area is 126 Å². The zero-order valence-electron chi connectivity index (χ0n) is 12.5.